The molecule has 0 spiro atoms. The average Bonchev–Trinajstić information content (AvgIpc) is 2.34. The molecule has 0 saturated heterocycles. The smallest absolute Gasteiger partial charge is 0.138 e. The van der Waals surface area contributed by atoms with E-state index in [1.165, 1.54) is 5.56 Å². The number of hydrogen-bond acceptors (Lipinski definition) is 2. The van der Waals surface area contributed by atoms with Gasteiger partial charge in [-0.05, 0) is 36.8 Å². The summed E-state index contributed by atoms with van der Waals surface area (Å²) in [5.74, 6) is 0. The minimum atomic E-state index is -3.06. The van der Waals surface area contributed by atoms with Gasteiger partial charge in [-0.3, -0.25) is 13.7 Å². The highest BCUT2D eigenvalue weighted by molar-refractivity contribution is 8.00. The van der Waals surface area contributed by atoms with Crippen LogP contribution < -0.4 is 9.53 Å². The third-order valence-corrected chi connectivity index (χ3v) is 13.4. The second-order valence-corrected chi connectivity index (χ2v) is 16.8. The van der Waals surface area contributed by atoms with Gasteiger partial charge < -0.3 is 4.90 Å². The van der Waals surface area contributed by atoms with E-state index >= 15 is 0 Å². The van der Waals surface area contributed by atoms with Crippen molar-refractivity contribution in [1.29, 1.82) is 0 Å². The van der Waals surface area contributed by atoms with E-state index in [1.54, 1.807) is 0 Å². The van der Waals surface area contributed by atoms with Crippen molar-refractivity contribution in [3.05, 3.63) is 29.8 Å². The highest BCUT2D eigenvalue weighted by atomic mass is 32.3. The van der Waals surface area contributed by atoms with E-state index in [0.29, 0.717) is 4.90 Å². The first kappa shape index (κ1) is 21.5. The van der Waals surface area contributed by atoms with Crippen LogP contribution in [-0.2, 0) is 15.7 Å². The van der Waals surface area contributed by atoms with Crippen molar-refractivity contribution in [3.8, 4) is 0 Å². The van der Waals surface area contributed by atoms with Crippen LogP contribution in [0.3, 0.4) is 0 Å². The summed E-state index contributed by atoms with van der Waals surface area (Å²) in [4.78, 5) is 2.89. The normalized spacial score (nSPS) is 15.0. The highest BCUT2D eigenvalue weighted by Gasteiger charge is 2.38. The van der Waals surface area contributed by atoms with Gasteiger partial charge in [-0.25, -0.2) is 0 Å². The Hall–Kier alpha value is -0.533. The fourth-order valence-corrected chi connectivity index (χ4v) is 8.44. The highest BCUT2D eigenvalue weighted by Crippen LogP contribution is 2.35. The molecule has 0 aliphatic rings. The van der Waals surface area contributed by atoms with Crippen LogP contribution in [0.25, 0.3) is 0 Å². The van der Waals surface area contributed by atoms with E-state index in [9.17, 15) is 4.21 Å². The van der Waals surface area contributed by atoms with Gasteiger partial charge in [0.15, 0.2) is 0 Å². The minimum Gasteiger partial charge on any atom is -0.309 e. The molecule has 0 aromatic heterocycles. The molecule has 0 unspecified atom stereocenters. The molecular formula is C18H37N3OSSi. The third-order valence-electron chi connectivity index (χ3n) is 5.06. The fraction of sp³-hybridized carbons (Fsp3) is 0.667. The molecule has 0 radical (unpaired) electrons. The van der Waals surface area contributed by atoms with Crippen LogP contribution in [0.15, 0.2) is 29.2 Å². The number of hydrogen-bond donors (Lipinski definition) is 3. The molecule has 0 saturated carbocycles. The maximum Gasteiger partial charge on any atom is 0.138 e. The van der Waals surface area contributed by atoms with Gasteiger partial charge >= 0.3 is 0 Å². The molecule has 1 aromatic rings. The van der Waals surface area contributed by atoms with E-state index in [1.807, 2.05) is 12.1 Å². The zero-order valence-electron chi connectivity index (χ0n) is 16.9. The molecule has 0 amide bonds. The Kier molecular flexibility index (Phi) is 6.27. The van der Waals surface area contributed by atoms with Crippen molar-refractivity contribution in [1.82, 2.24) is 9.29 Å². The standard InChI is InChI=1S/C18H37N3OSSi/c1-17(2,3)24(8,9)20-23(19,22)16-12-10-15(11-13-16)18(4,5)14-21(6)7/h10-13,23H,14H2,1-9H3,(H3,19,20,22). The van der Waals surface area contributed by atoms with Crippen LogP contribution >= 0.6 is 0 Å². The van der Waals surface area contributed by atoms with Crippen molar-refractivity contribution in [2.24, 2.45) is 5.14 Å². The molecule has 140 valence electrons. The van der Waals surface area contributed by atoms with Crippen LogP contribution in [-0.4, -0.2) is 38.0 Å². The Morgan fingerprint density at radius 1 is 1.08 bits per heavy atom. The van der Waals surface area contributed by atoms with Crippen molar-refractivity contribution in [2.75, 3.05) is 20.6 Å². The minimum absolute atomic E-state index is 0.0352. The Balaban J connectivity index is 3.06. The van der Waals surface area contributed by atoms with Crippen LogP contribution in [0.2, 0.25) is 18.1 Å². The van der Waals surface area contributed by atoms with Crippen LogP contribution in [0.5, 0.6) is 0 Å². The quantitative estimate of drug-likeness (QED) is 0.531. The maximum absolute atomic E-state index is 13.1. The summed E-state index contributed by atoms with van der Waals surface area (Å²) in [6, 6.07) is 7.97. The molecule has 0 aliphatic carbocycles. The van der Waals surface area contributed by atoms with Gasteiger partial charge in [0.1, 0.15) is 8.24 Å². The van der Waals surface area contributed by atoms with Crippen LogP contribution in [0.1, 0.15) is 40.2 Å². The number of rotatable bonds is 6. The van der Waals surface area contributed by atoms with Gasteiger partial charge in [0.2, 0.25) is 0 Å². The lowest BCUT2D eigenvalue weighted by Gasteiger charge is -2.41. The molecule has 0 bridgehead atoms. The molecule has 0 fully saturated rings. The first-order chi connectivity index (χ1) is 10.6. The Morgan fingerprint density at radius 3 is 1.92 bits per heavy atom. The molecule has 0 aliphatic heterocycles. The van der Waals surface area contributed by atoms with E-state index in [-0.39, 0.29) is 10.5 Å². The van der Waals surface area contributed by atoms with Crippen LogP contribution in [0, 0.1) is 0 Å². The van der Waals surface area contributed by atoms with E-state index in [0.717, 1.165) is 6.54 Å². The summed E-state index contributed by atoms with van der Waals surface area (Å²) in [5.41, 5.74) is 1.26. The number of likely N-dealkylation sites (N-methyl/N-ethyl adjacent to an activating group) is 1. The summed E-state index contributed by atoms with van der Waals surface area (Å²) in [6.07, 6.45) is 0. The predicted octanol–water partition coefficient (Wildman–Crippen LogP) is 3.28. The zero-order valence-corrected chi connectivity index (χ0v) is 18.8. The topological polar surface area (TPSA) is 58.4 Å². The SMILES string of the molecule is CN(C)CC(C)(C)c1ccc([SH](N)(=O)N[Si](C)(C)C(C)(C)C)cc1. The van der Waals surface area contributed by atoms with E-state index < -0.39 is 18.5 Å². The first-order valence-corrected chi connectivity index (χ1v) is 13.3. The van der Waals surface area contributed by atoms with Gasteiger partial charge in [0.25, 0.3) is 0 Å². The van der Waals surface area contributed by atoms with Crippen molar-refractivity contribution < 1.29 is 4.21 Å². The molecule has 3 N–H and O–H groups in total. The fourth-order valence-electron chi connectivity index (χ4n) is 2.66. The average molecular weight is 372 g/mol. The molecule has 0 atom stereocenters. The molecule has 24 heavy (non-hydrogen) atoms. The van der Waals surface area contributed by atoms with Gasteiger partial charge in [-0.2, -0.15) is 0 Å². The van der Waals surface area contributed by atoms with Crippen LogP contribution in [0.4, 0.5) is 0 Å². The largest absolute Gasteiger partial charge is 0.309 e. The summed E-state index contributed by atoms with van der Waals surface area (Å²) in [5, 5.41) is 6.31. The summed E-state index contributed by atoms with van der Waals surface area (Å²) < 4.78 is 16.5. The monoisotopic (exact) mass is 371 g/mol. The van der Waals surface area contributed by atoms with Crippen molar-refractivity contribution >= 4 is 18.5 Å². The zero-order chi connectivity index (χ0) is 19.0. The maximum atomic E-state index is 13.1. The Labute approximate surface area is 151 Å². The lowest BCUT2D eigenvalue weighted by atomic mass is 9.84. The van der Waals surface area contributed by atoms with Crippen molar-refractivity contribution in [3.63, 3.8) is 0 Å². The van der Waals surface area contributed by atoms with Gasteiger partial charge in [-0.15, -0.1) is 0 Å². The number of nitrogens with zero attached hydrogens (tertiary/aromatic N) is 1. The molecule has 1 rings (SSSR count). The summed E-state index contributed by atoms with van der Waals surface area (Å²) in [6.45, 7) is 16.3. The number of nitrogens with two attached hydrogens (primary N) is 1. The lowest BCUT2D eigenvalue weighted by Crippen LogP contribution is -2.59. The molecule has 0 heterocycles. The second-order valence-electron chi connectivity index (χ2n) is 9.31. The molecular weight excluding hydrogens is 334 g/mol. The summed E-state index contributed by atoms with van der Waals surface area (Å²) >= 11 is 0. The molecule has 1 aromatic carbocycles. The van der Waals surface area contributed by atoms with Gasteiger partial charge in [-0.1, -0.05) is 59.8 Å². The molecule has 4 nitrogen and oxygen atoms in total. The Morgan fingerprint density at radius 2 is 1.54 bits per heavy atom. The Bertz CT molecular complexity index is 604. The number of benzene rings is 1. The lowest BCUT2D eigenvalue weighted by molar-refractivity contribution is 0.315. The number of thiol groups is 1. The summed E-state index contributed by atoms with van der Waals surface area (Å²) in [7, 11) is -0.848. The third kappa shape index (κ3) is 5.23. The van der Waals surface area contributed by atoms with E-state index in [4.69, 9.17) is 5.14 Å². The predicted molar refractivity (Wildman–Crippen MR) is 110 cm³/mol. The number of nitrogens with one attached hydrogen (secondary N) is 1. The van der Waals surface area contributed by atoms with E-state index in [2.05, 4.69) is 83.2 Å². The second kappa shape index (κ2) is 7.00. The first-order valence-electron chi connectivity index (χ1n) is 8.52. The van der Waals surface area contributed by atoms with Gasteiger partial charge in [0, 0.05) is 27.2 Å². The van der Waals surface area contributed by atoms with Crippen molar-refractivity contribution in [2.45, 2.75) is 63.1 Å². The molecule has 6 heteroatoms. The van der Waals surface area contributed by atoms with Gasteiger partial charge in [0.05, 0.1) is 0 Å².